The van der Waals surface area contributed by atoms with E-state index in [1.807, 2.05) is 23.1 Å². The zero-order valence-corrected chi connectivity index (χ0v) is 12.6. The van der Waals surface area contributed by atoms with E-state index >= 15 is 0 Å². The standard InChI is InChI=1S/C16H23NOS/c1-12-8-9-17(13(2)10-12)16(18)15(19)11-14-6-4-3-5-7-14/h3-7,12-13,15,19H,8-11H2,1-2H3. The molecule has 1 aromatic carbocycles. The Hall–Kier alpha value is -0.960. The first-order chi connectivity index (χ1) is 9.08. The Kier molecular flexibility index (Phi) is 4.92. The predicted octanol–water partition coefficient (Wildman–Crippen LogP) is 3.17. The number of piperidine rings is 1. The fraction of sp³-hybridized carbons (Fsp3) is 0.562. The molecule has 1 fully saturated rings. The van der Waals surface area contributed by atoms with E-state index in [0.717, 1.165) is 25.3 Å². The van der Waals surface area contributed by atoms with Crippen LogP contribution in [0.4, 0.5) is 0 Å². The first kappa shape index (κ1) is 14.4. The van der Waals surface area contributed by atoms with E-state index in [1.165, 1.54) is 5.56 Å². The van der Waals surface area contributed by atoms with E-state index in [-0.39, 0.29) is 11.2 Å². The van der Waals surface area contributed by atoms with Gasteiger partial charge in [0.15, 0.2) is 0 Å². The van der Waals surface area contributed by atoms with E-state index < -0.39 is 0 Å². The van der Waals surface area contributed by atoms with E-state index in [4.69, 9.17) is 0 Å². The van der Waals surface area contributed by atoms with Crippen LogP contribution in [0.2, 0.25) is 0 Å². The van der Waals surface area contributed by atoms with Gasteiger partial charge in [-0.1, -0.05) is 37.3 Å². The van der Waals surface area contributed by atoms with Gasteiger partial charge in [-0.15, -0.1) is 0 Å². The number of benzene rings is 1. The summed E-state index contributed by atoms with van der Waals surface area (Å²) in [6.07, 6.45) is 2.93. The van der Waals surface area contributed by atoms with Gasteiger partial charge in [0, 0.05) is 12.6 Å². The number of hydrogen-bond acceptors (Lipinski definition) is 2. The van der Waals surface area contributed by atoms with Gasteiger partial charge in [0.2, 0.25) is 5.91 Å². The lowest BCUT2D eigenvalue weighted by Crippen LogP contribution is -2.47. The summed E-state index contributed by atoms with van der Waals surface area (Å²) in [7, 11) is 0. The van der Waals surface area contributed by atoms with Crippen LogP contribution in [0.1, 0.15) is 32.3 Å². The van der Waals surface area contributed by atoms with E-state index in [2.05, 4.69) is 38.6 Å². The van der Waals surface area contributed by atoms with Gasteiger partial charge in [-0.2, -0.15) is 12.6 Å². The van der Waals surface area contributed by atoms with Crippen molar-refractivity contribution in [2.24, 2.45) is 5.92 Å². The van der Waals surface area contributed by atoms with Gasteiger partial charge >= 0.3 is 0 Å². The minimum atomic E-state index is -0.224. The van der Waals surface area contributed by atoms with Gasteiger partial charge in [-0.3, -0.25) is 4.79 Å². The zero-order chi connectivity index (χ0) is 13.8. The fourth-order valence-electron chi connectivity index (χ4n) is 2.85. The van der Waals surface area contributed by atoms with Gasteiger partial charge < -0.3 is 4.90 Å². The molecule has 3 heteroatoms. The summed E-state index contributed by atoms with van der Waals surface area (Å²) in [5.41, 5.74) is 1.17. The lowest BCUT2D eigenvalue weighted by molar-refractivity contribution is -0.134. The zero-order valence-electron chi connectivity index (χ0n) is 11.7. The normalized spacial score (nSPS) is 25.1. The number of thiol groups is 1. The van der Waals surface area contributed by atoms with Crippen molar-refractivity contribution in [3.05, 3.63) is 35.9 Å². The van der Waals surface area contributed by atoms with Crippen LogP contribution >= 0.6 is 12.6 Å². The Balaban J connectivity index is 1.95. The molecule has 0 radical (unpaired) electrons. The van der Waals surface area contributed by atoms with Crippen molar-refractivity contribution in [1.29, 1.82) is 0 Å². The summed E-state index contributed by atoms with van der Waals surface area (Å²) in [5, 5.41) is -0.224. The molecule has 3 atom stereocenters. The van der Waals surface area contributed by atoms with E-state index in [9.17, 15) is 4.79 Å². The summed E-state index contributed by atoms with van der Waals surface area (Å²) < 4.78 is 0. The second-order valence-corrected chi connectivity index (χ2v) is 6.34. The molecule has 1 aliphatic rings. The van der Waals surface area contributed by atoms with Crippen molar-refractivity contribution in [3.8, 4) is 0 Å². The van der Waals surface area contributed by atoms with Gasteiger partial charge in [0.05, 0.1) is 5.25 Å². The molecule has 104 valence electrons. The van der Waals surface area contributed by atoms with E-state index in [0.29, 0.717) is 12.5 Å². The Bertz CT molecular complexity index is 420. The van der Waals surface area contributed by atoms with Crippen molar-refractivity contribution >= 4 is 18.5 Å². The third-order valence-corrected chi connectivity index (χ3v) is 4.38. The lowest BCUT2D eigenvalue weighted by atomic mass is 9.93. The highest BCUT2D eigenvalue weighted by Crippen LogP contribution is 2.24. The number of carbonyl (C=O) groups is 1. The van der Waals surface area contributed by atoms with Crippen molar-refractivity contribution < 1.29 is 4.79 Å². The maximum Gasteiger partial charge on any atom is 0.236 e. The van der Waals surface area contributed by atoms with Gasteiger partial charge in [-0.05, 0) is 37.7 Å². The second-order valence-electron chi connectivity index (χ2n) is 5.72. The molecular formula is C16H23NOS. The van der Waals surface area contributed by atoms with Crippen LogP contribution < -0.4 is 0 Å². The average Bonchev–Trinajstić information content (AvgIpc) is 2.39. The number of rotatable bonds is 3. The van der Waals surface area contributed by atoms with Crippen LogP contribution in [0, 0.1) is 5.92 Å². The summed E-state index contributed by atoms with van der Waals surface area (Å²) in [6, 6.07) is 10.5. The molecule has 1 aliphatic heterocycles. The lowest BCUT2D eigenvalue weighted by Gasteiger charge is -2.37. The van der Waals surface area contributed by atoms with Crippen molar-refractivity contribution in [2.75, 3.05) is 6.54 Å². The first-order valence-electron chi connectivity index (χ1n) is 7.10. The van der Waals surface area contributed by atoms with Crippen LogP contribution in [-0.4, -0.2) is 28.6 Å². The van der Waals surface area contributed by atoms with Crippen LogP contribution in [0.5, 0.6) is 0 Å². The van der Waals surface area contributed by atoms with Crippen molar-refractivity contribution in [3.63, 3.8) is 0 Å². The molecule has 19 heavy (non-hydrogen) atoms. The minimum Gasteiger partial charge on any atom is -0.339 e. The van der Waals surface area contributed by atoms with Crippen molar-refractivity contribution in [1.82, 2.24) is 4.90 Å². The molecule has 3 unspecified atom stereocenters. The molecule has 0 saturated carbocycles. The third kappa shape index (κ3) is 3.75. The van der Waals surface area contributed by atoms with Crippen LogP contribution in [0.25, 0.3) is 0 Å². The van der Waals surface area contributed by atoms with Crippen molar-refractivity contribution in [2.45, 2.75) is 44.4 Å². The highest BCUT2D eigenvalue weighted by Gasteiger charge is 2.29. The monoisotopic (exact) mass is 277 g/mol. The molecule has 2 nitrogen and oxygen atoms in total. The molecule has 1 heterocycles. The summed E-state index contributed by atoms with van der Waals surface area (Å²) >= 11 is 4.52. The Morgan fingerprint density at radius 3 is 2.68 bits per heavy atom. The molecule has 1 aromatic rings. The SMILES string of the molecule is CC1CCN(C(=O)C(S)Cc2ccccc2)C(C)C1. The number of nitrogens with zero attached hydrogens (tertiary/aromatic N) is 1. The van der Waals surface area contributed by atoms with Crippen LogP contribution in [0.15, 0.2) is 30.3 Å². The van der Waals surface area contributed by atoms with Crippen LogP contribution in [0.3, 0.4) is 0 Å². The topological polar surface area (TPSA) is 20.3 Å². The molecular weight excluding hydrogens is 254 g/mol. The highest BCUT2D eigenvalue weighted by atomic mass is 32.1. The molecule has 2 rings (SSSR count). The molecule has 0 bridgehead atoms. The average molecular weight is 277 g/mol. The summed E-state index contributed by atoms with van der Waals surface area (Å²) in [4.78, 5) is 14.5. The molecule has 0 spiro atoms. The highest BCUT2D eigenvalue weighted by molar-refractivity contribution is 7.81. The molecule has 1 saturated heterocycles. The Morgan fingerprint density at radius 1 is 1.37 bits per heavy atom. The number of likely N-dealkylation sites (tertiary alicyclic amines) is 1. The summed E-state index contributed by atoms with van der Waals surface area (Å²) in [5.74, 6) is 0.915. The molecule has 1 amide bonds. The quantitative estimate of drug-likeness (QED) is 0.841. The van der Waals surface area contributed by atoms with Gasteiger partial charge in [0.25, 0.3) is 0 Å². The predicted molar refractivity (Wildman–Crippen MR) is 82.5 cm³/mol. The smallest absolute Gasteiger partial charge is 0.236 e. The second kappa shape index (κ2) is 6.47. The fourth-order valence-corrected chi connectivity index (χ4v) is 3.21. The Labute approximate surface area is 121 Å². The maximum atomic E-state index is 12.5. The van der Waals surface area contributed by atoms with E-state index in [1.54, 1.807) is 0 Å². The molecule has 0 aromatic heterocycles. The number of carbonyl (C=O) groups excluding carboxylic acids is 1. The third-order valence-electron chi connectivity index (χ3n) is 3.98. The largest absolute Gasteiger partial charge is 0.339 e. The van der Waals surface area contributed by atoms with Gasteiger partial charge in [0.1, 0.15) is 0 Å². The molecule has 0 N–H and O–H groups in total. The first-order valence-corrected chi connectivity index (χ1v) is 7.62. The summed E-state index contributed by atoms with van der Waals surface area (Å²) in [6.45, 7) is 5.30. The van der Waals surface area contributed by atoms with Crippen LogP contribution in [-0.2, 0) is 11.2 Å². The van der Waals surface area contributed by atoms with Gasteiger partial charge in [-0.25, -0.2) is 0 Å². The Morgan fingerprint density at radius 2 is 2.05 bits per heavy atom. The number of hydrogen-bond donors (Lipinski definition) is 1. The minimum absolute atomic E-state index is 0.187. The molecule has 0 aliphatic carbocycles. The maximum absolute atomic E-state index is 12.5. The number of amides is 1.